The highest BCUT2D eigenvalue weighted by Gasteiger charge is 2.28. The van der Waals surface area contributed by atoms with Gasteiger partial charge in [0.25, 0.3) is 11.8 Å². The molecule has 1 heterocycles. The molecule has 9 heteroatoms. The Bertz CT molecular complexity index is 729. The molecule has 1 aromatic carbocycles. The molecular weight excluding hydrogens is 332 g/mol. The number of alkyl halides is 2. The second-order valence-electron chi connectivity index (χ2n) is 5.84. The fourth-order valence-corrected chi connectivity index (χ4v) is 2.09. The summed E-state index contributed by atoms with van der Waals surface area (Å²) >= 11 is 0. The summed E-state index contributed by atoms with van der Waals surface area (Å²) in [5.41, 5.74) is 6.03. The van der Waals surface area contributed by atoms with E-state index in [0.717, 1.165) is 0 Å². The molecule has 0 bridgehead atoms. The van der Waals surface area contributed by atoms with Gasteiger partial charge in [0, 0.05) is 0 Å². The van der Waals surface area contributed by atoms with Gasteiger partial charge in [-0.1, -0.05) is 5.21 Å². The van der Waals surface area contributed by atoms with Gasteiger partial charge in [-0.05, 0) is 45.0 Å². The third-order valence-corrected chi connectivity index (χ3v) is 3.37. The van der Waals surface area contributed by atoms with Gasteiger partial charge in [-0.3, -0.25) is 4.79 Å². The number of ether oxygens (including phenoxy) is 1. The smallest absolute Gasteiger partial charge is 0.277 e. The zero-order chi connectivity index (χ0) is 18.6. The molecule has 136 valence electrons. The minimum Gasteiger partial charge on any atom is -0.491 e. The van der Waals surface area contributed by atoms with Gasteiger partial charge in [0.15, 0.2) is 5.69 Å². The van der Waals surface area contributed by atoms with Crippen molar-refractivity contribution in [1.82, 2.24) is 20.3 Å². The van der Waals surface area contributed by atoms with Crippen LogP contribution in [-0.4, -0.2) is 46.0 Å². The highest BCUT2D eigenvalue weighted by molar-refractivity contribution is 5.93. The van der Waals surface area contributed by atoms with Crippen molar-refractivity contribution in [3.8, 4) is 11.4 Å². The lowest BCUT2D eigenvalue weighted by molar-refractivity contribution is 0.0118. The van der Waals surface area contributed by atoms with E-state index in [-0.39, 0.29) is 11.8 Å². The van der Waals surface area contributed by atoms with Crippen LogP contribution in [-0.2, 0) is 0 Å². The lowest BCUT2D eigenvalue weighted by Gasteiger charge is -2.14. The van der Waals surface area contributed by atoms with E-state index in [2.05, 4.69) is 15.6 Å². The van der Waals surface area contributed by atoms with E-state index in [1.165, 1.54) is 4.68 Å². The van der Waals surface area contributed by atoms with Gasteiger partial charge in [0.05, 0.1) is 30.6 Å². The fraction of sp³-hybridized carbons (Fsp3) is 0.438. The van der Waals surface area contributed by atoms with Crippen LogP contribution in [0.2, 0.25) is 0 Å². The summed E-state index contributed by atoms with van der Waals surface area (Å²) in [6, 6.07) is 7.09. The first-order valence-corrected chi connectivity index (χ1v) is 7.79. The van der Waals surface area contributed by atoms with Crippen molar-refractivity contribution in [3.63, 3.8) is 0 Å². The summed E-state index contributed by atoms with van der Waals surface area (Å²) in [7, 11) is 0. The molecule has 0 saturated carbocycles. The molecule has 1 aromatic heterocycles. The number of halogens is 2. The molecule has 2 aromatic rings. The van der Waals surface area contributed by atoms with Crippen molar-refractivity contribution in [3.05, 3.63) is 35.7 Å². The Labute approximate surface area is 144 Å². The first kappa shape index (κ1) is 18.8. The van der Waals surface area contributed by atoms with Crippen LogP contribution < -0.4 is 15.8 Å². The van der Waals surface area contributed by atoms with Gasteiger partial charge >= 0.3 is 0 Å². The zero-order valence-electron chi connectivity index (χ0n) is 14.3. The Hall–Kier alpha value is -2.55. The van der Waals surface area contributed by atoms with Gasteiger partial charge in [-0.2, -0.15) is 0 Å². The highest BCUT2D eigenvalue weighted by atomic mass is 19.3. The minimum atomic E-state index is -3.16. The van der Waals surface area contributed by atoms with Crippen LogP contribution in [0, 0.1) is 6.92 Å². The Morgan fingerprint density at radius 3 is 2.56 bits per heavy atom. The van der Waals surface area contributed by atoms with Gasteiger partial charge in [0.2, 0.25) is 0 Å². The van der Waals surface area contributed by atoms with Crippen LogP contribution in [0.5, 0.6) is 5.75 Å². The number of hydrogen-bond donors (Lipinski definition) is 2. The number of aromatic nitrogens is 3. The monoisotopic (exact) mass is 353 g/mol. The molecule has 0 radical (unpaired) electrons. The number of nitrogens with zero attached hydrogens (tertiary/aromatic N) is 3. The molecule has 1 amide bonds. The second kappa shape index (κ2) is 7.56. The Kier molecular flexibility index (Phi) is 5.68. The lowest BCUT2D eigenvalue weighted by atomic mass is 10.2. The molecular formula is C16H21F2N5O2. The largest absolute Gasteiger partial charge is 0.491 e. The number of rotatable bonds is 7. The van der Waals surface area contributed by atoms with Crippen molar-refractivity contribution >= 4 is 5.91 Å². The van der Waals surface area contributed by atoms with Gasteiger partial charge < -0.3 is 15.8 Å². The predicted octanol–water partition coefficient (Wildman–Crippen LogP) is 1.69. The molecule has 0 atom stereocenters. The summed E-state index contributed by atoms with van der Waals surface area (Å²) in [4.78, 5) is 12.0. The standard InChI is InChI=1S/C16H21F2N5O2/c1-10(2)25-13-6-4-12(5-7-13)23-11(3)14(21-22-23)15(24)20-9-16(17,18)8-19/h4-7,10H,8-9,19H2,1-3H3,(H,20,24). The summed E-state index contributed by atoms with van der Waals surface area (Å²) in [5, 5.41) is 9.82. The van der Waals surface area contributed by atoms with Crippen LogP contribution >= 0.6 is 0 Å². The van der Waals surface area contributed by atoms with Crippen molar-refractivity contribution < 1.29 is 18.3 Å². The van der Waals surface area contributed by atoms with Gasteiger partial charge in [-0.15, -0.1) is 5.10 Å². The van der Waals surface area contributed by atoms with E-state index in [9.17, 15) is 13.6 Å². The number of hydrogen-bond acceptors (Lipinski definition) is 5. The van der Waals surface area contributed by atoms with E-state index in [4.69, 9.17) is 10.5 Å². The molecule has 0 spiro atoms. The number of nitrogens with two attached hydrogens (primary N) is 1. The average Bonchev–Trinajstić information content (AvgIpc) is 2.94. The number of carbonyl (C=O) groups excluding carboxylic acids is 1. The lowest BCUT2D eigenvalue weighted by Crippen LogP contribution is -2.41. The normalized spacial score (nSPS) is 11.6. The van der Waals surface area contributed by atoms with Crippen LogP contribution in [0.3, 0.4) is 0 Å². The summed E-state index contributed by atoms with van der Waals surface area (Å²) in [6.07, 6.45) is 0.0564. The number of benzene rings is 1. The van der Waals surface area contributed by atoms with Gasteiger partial charge in [-0.25, -0.2) is 13.5 Å². The molecule has 0 aliphatic heterocycles. The molecule has 0 fully saturated rings. The maximum atomic E-state index is 13.1. The zero-order valence-corrected chi connectivity index (χ0v) is 14.3. The van der Waals surface area contributed by atoms with Crippen molar-refractivity contribution in [1.29, 1.82) is 0 Å². The molecule has 0 aliphatic carbocycles. The number of nitrogens with one attached hydrogen (secondary N) is 1. The number of amides is 1. The fourth-order valence-electron chi connectivity index (χ4n) is 2.09. The molecule has 2 rings (SSSR count). The van der Waals surface area contributed by atoms with Crippen LogP contribution in [0.1, 0.15) is 30.0 Å². The Morgan fingerprint density at radius 1 is 1.36 bits per heavy atom. The third kappa shape index (κ3) is 4.72. The molecule has 3 N–H and O–H groups in total. The average molecular weight is 353 g/mol. The minimum absolute atomic E-state index is 0.0182. The van der Waals surface area contributed by atoms with Crippen molar-refractivity contribution in [2.24, 2.45) is 5.73 Å². The van der Waals surface area contributed by atoms with E-state index in [1.807, 2.05) is 13.8 Å². The van der Waals surface area contributed by atoms with Crippen LogP contribution in [0.25, 0.3) is 5.69 Å². The quantitative estimate of drug-likeness (QED) is 0.790. The van der Waals surface area contributed by atoms with Crippen molar-refractivity contribution in [2.75, 3.05) is 13.1 Å². The van der Waals surface area contributed by atoms with E-state index < -0.39 is 24.9 Å². The summed E-state index contributed by atoms with van der Waals surface area (Å²) in [6.45, 7) is 3.79. The maximum absolute atomic E-state index is 13.1. The Balaban J connectivity index is 2.13. The SMILES string of the molecule is Cc1c(C(=O)NCC(F)(F)CN)nnn1-c1ccc(OC(C)C)cc1. The first-order chi connectivity index (χ1) is 11.7. The number of carbonyl (C=O) groups is 1. The molecule has 0 unspecified atom stereocenters. The third-order valence-electron chi connectivity index (χ3n) is 3.37. The summed E-state index contributed by atoms with van der Waals surface area (Å²) in [5.74, 6) is -3.18. The topological polar surface area (TPSA) is 95.1 Å². The predicted molar refractivity (Wildman–Crippen MR) is 88.2 cm³/mol. The maximum Gasteiger partial charge on any atom is 0.277 e. The molecule has 0 saturated heterocycles. The van der Waals surface area contributed by atoms with Crippen LogP contribution in [0.4, 0.5) is 8.78 Å². The van der Waals surface area contributed by atoms with E-state index in [0.29, 0.717) is 17.1 Å². The van der Waals surface area contributed by atoms with E-state index in [1.54, 1.807) is 31.2 Å². The Morgan fingerprint density at radius 2 is 2.00 bits per heavy atom. The van der Waals surface area contributed by atoms with Crippen molar-refractivity contribution in [2.45, 2.75) is 32.8 Å². The molecule has 0 aliphatic rings. The van der Waals surface area contributed by atoms with Crippen LogP contribution in [0.15, 0.2) is 24.3 Å². The highest BCUT2D eigenvalue weighted by Crippen LogP contribution is 2.18. The molecule has 7 nitrogen and oxygen atoms in total. The van der Waals surface area contributed by atoms with E-state index >= 15 is 0 Å². The second-order valence-corrected chi connectivity index (χ2v) is 5.84. The summed E-state index contributed by atoms with van der Waals surface area (Å²) < 4.78 is 33.3. The first-order valence-electron chi connectivity index (χ1n) is 7.79. The van der Waals surface area contributed by atoms with Gasteiger partial charge in [0.1, 0.15) is 5.75 Å². The molecule has 25 heavy (non-hydrogen) atoms.